The molecule has 122 valence electrons. The summed E-state index contributed by atoms with van der Waals surface area (Å²) < 4.78 is 0. The standard InChI is InChI=1S/C14H16ClN3OS.2ClH/c1-9(16-2)7-17-13(19)12-8-20-14(18-12)10-4-3-5-11(15)6-10;;/h3-6,8-9,16H,7H2,1-2H3,(H,17,19);2*1H. The minimum absolute atomic E-state index is 0. The fourth-order valence-corrected chi connectivity index (χ4v) is 2.56. The molecule has 0 aliphatic heterocycles. The number of hydrogen-bond acceptors (Lipinski definition) is 4. The third-order valence-corrected chi connectivity index (χ3v) is 4.00. The van der Waals surface area contributed by atoms with E-state index in [0.29, 0.717) is 17.3 Å². The Bertz CT molecular complexity index is 607. The van der Waals surface area contributed by atoms with Crippen molar-refractivity contribution in [2.24, 2.45) is 0 Å². The van der Waals surface area contributed by atoms with Gasteiger partial charge >= 0.3 is 0 Å². The molecular weight excluding hydrogens is 365 g/mol. The summed E-state index contributed by atoms with van der Waals surface area (Å²) in [6.45, 7) is 2.57. The third-order valence-electron chi connectivity index (χ3n) is 2.87. The molecule has 8 heteroatoms. The molecule has 22 heavy (non-hydrogen) atoms. The Morgan fingerprint density at radius 2 is 2.14 bits per heavy atom. The molecule has 1 aromatic heterocycles. The first-order valence-corrected chi connectivity index (χ1v) is 7.53. The van der Waals surface area contributed by atoms with E-state index in [0.717, 1.165) is 10.6 Å². The highest BCUT2D eigenvalue weighted by Gasteiger charge is 2.12. The number of nitrogens with zero attached hydrogens (tertiary/aromatic N) is 1. The van der Waals surface area contributed by atoms with Crippen LogP contribution in [0.3, 0.4) is 0 Å². The number of aromatic nitrogens is 1. The number of carbonyl (C=O) groups excluding carboxylic acids is 1. The Morgan fingerprint density at radius 1 is 1.41 bits per heavy atom. The predicted molar refractivity (Wildman–Crippen MR) is 97.9 cm³/mol. The summed E-state index contributed by atoms with van der Waals surface area (Å²) in [5, 5.41) is 9.11. The number of amides is 1. The molecular formula is C14H18Cl3N3OS. The van der Waals surface area contributed by atoms with Crippen LogP contribution in [0, 0.1) is 0 Å². The van der Waals surface area contributed by atoms with Crippen molar-refractivity contribution in [2.75, 3.05) is 13.6 Å². The molecule has 1 amide bonds. The number of rotatable bonds is 5. The van der Waals surface area contributed by atoms with Crippen LogP contribution in [0.25, 0.3) is 10.6 Å². The Balaban J connectivity index is 0.00000220. The zero-order valence-corrected chi connectivity index (χ0v) is 15.3. The minimum atomic E-state index is -0.156. The molecule has 2 rings (SSSR count). The van der Waals surface area contributed by atoms with Crippen molar-refractivity contribution in [2.45, 2.75) is 13.0 Å². The van der Waals surface area contributed by atoms with Gasteiger partial charge in [0, 0.05) is 28.6 Å². The predicted octanol–water partition coefficient (Wildman–Crippen LogP) is 3.64. The van der Waals surface area contributed by atoms with Crippen LogP contribution < -0.4 is 10.6 Å². The first-order valence-electron chi connectivity index (χ1n) is 6.27. The highest BCUT2D eigenvalue weighted by molar-refractivity contribution is 7.13. The van der Waals surface area contributed by atoms with Crippen molar-refractivity contribution in [1.82, 2.24) is 15.6 Å². The van der Waals surface area contributed by atoms with E-state index in [1.54, 1.807) is 5.38 Å². The maximum atomic E-state index is 12.0. The molecule has 2 N–H and O–H groups in total. The molecule has 0 aliphatic rings. The largest absolute Gasteiger partial charge is 0.349 e. The summed E-state index contributed by atoms with van der Waals surface area (Å²) >= 11 is 7.39. The van der Waals surface area contributed by atoms with Crippen LogP contribution in [0.4, 0.5) is 0 Å². The number of carbonyl (C=O) groups is 1. The van der Waals surface area contributed by atoms with Crippen LogP contribution in [0.2, 0.25) is 5.02 Å². The third kappa shape index (κ3) is 5.74. The van der Waals surface area contributed by atoms with Gasteiger partial charge in [0.1, 0.15) is 10.7 Å². The van der Waals surface area contributed by atoms with Crippen molar-refractivity contribution in [3.63, 3.8) is 0 Å². The van der Waals surface area contributed by atoms with Gasteiger partial charge in [-0.1, -0.05) is 23.7 Å². The van der Waals surface area contributed by atoms with E-state index in [1.807, 2.05) is 38.2 Å². The lowest BCUT2D eigenvalue weighted by Gasteiger charge is -2.10. The second-order valence-corrected chi connectivity index (χ2v) is 5.74. The van der Waals surface area contributed by atoms with Gasteiger partial charge in [0.2, 0.25) is 0 Å². The van der Waals surface area contributed by atoms with Crippen LogP contribution in [-0.2, 0) is 0 Å². The number of halogens is 3. The first-order chi connectivity index (χ1) is 9.60. The number of likely N-dealkylation sites (N-methyl/N-ethyl adjacent to an activating group) is 1. The molecule has 0 aliphatic carbocycles. The molecule has 0 bridgehead atoms. The van der Waals surface area contributed by atoms with Gasteiger partial charge in [-0.15, -0.1) is 36.2 Å². The lowest BCUT2D eigenvalue weighted by atomic mass is 10.2. The topological polar surface area (TPSA) is 54.0 Å². The molecule has 0 fully saturated rings. The molecule has 0 saturated heterocycles. The average molecular weight is 383 g/mol. The maximum absolute atomic E-state index is 12.0. The second-order valence-electron chi connectivity index (χ2n) is 4.45. The van der Waals surface area contributed by atoms with Crippen LogP contribution in [0.15, 0.2) is 29.6 Å². The zero-order valence-electron chi connectivity index (χ0n) is 12.1. The summed E-state index contributed by atoms with van der Waals surface area (Å²) in [6.07, 6.45) is 0. The van der Waals surface area contributed by atoms with E-state index in [2.05, 4.69) is 15.6 Å². The van der Waals surface area contributed by atoms with Gasteiger partial charge in [0.15, 0.2) is 0 Å². The van der Waals surface area contributed by atoms with E-state index in [-0.39, 0.29) is 36.8 Å². The van der Waals surface area contributed by atoms with Crippen LogP contribution in [-0.4, -0.2) is 30.5 Å². The SMILES string of the molecule is CNC(C)CNC(=O)c1csc(-c2cccc(Cl)c2)n1.Cl.Cl. The average Bonchev–Trinajstić information content (AvgIpc) is 2.94. The Morgan fingerprint density at radius 3 is 2.77 bits per heavy atom. The van der Waals surface area contributed by atoms with Gasteiger partial charge in [-0.2, -0.15) is 0 Å². The molecule has 0 radical (unpaired) electrons. The lowest BCUT2D eigenvalue weighted by molar-refractivity contribution is 0.0946. The fourth-order valence-electron chi connectivity index (χ4n) is 1.57. The van der Waals surface area contributed by atoms with E-state index in [1.165, 1.54) is 11.3 Å². The van der Waals surface area contributed by atoms with E-state index < -0.39 is 0 Å². The first kappa shape index (κ1) is 21.1. The van der Waals surface area contributed by atoms with Gasteiger partial charge in [-0.05, 0) is 26.1 Å². The fraction of sp³-hybridized carbons (Fsp3) is 0.286. The second kappa shape index (κ2) is 10.0. The molecule has 4 nitrogen and oxygen atoms in total. The summed E-state index contributed by atoms with van der Waals surface area (Å²) in [5.41, 5.74) is 1.36. The van der Waals surface area contributed by atoms with Crippen molar-refractivity contribution < 1.29 is 4.79 Å². The number of benzene rings is 1. The zero-order chi connectivity index (χ0) is 14.5. The van der Waals surface area contributed by atoms with Crippen molar-refractivity contribution in [3.8, 4) is 10.6 Å². The van der Waals surface area contributed by atoms with Crippen molar-refractivity contribution in [3.05, 3.63) is 40.4 Å². The minimum Gasteiger partial charge on any atom is -0.349 e. The van der Waals surface area contributed by atoms with Crippen LogP contribution in [0.5, 0.6) is 0 Å². The molecule has 2 aromatic rings. The van der Waals surface area contributed by atoms with E-state index >= 15 is 0 Å². The molecule has 1 atom stereocenters. The maximum Gasteiger partial charge on any atom is 0.270 e. The quantitative estimate of drug-likeness (QED) is 0.830. The highest BCUT2D eigenvalue weighted by Crippen LogP contribution is 2.25. The monoisotopic (exact) mass is 381 g/mol. The molecule has 1 unspecified atom stereocenters. The molecule has 0 spiro atoms. The number of nitrogens with one attached hydrogen (secondary N) is 2. The number of thiazole rings is 1. The smallest absolute Gasteiger partial charge is 0.270 e. The van der Waals surface area contributed by atoms with Crippen LogP contribution >= 0.6 is 47.8 Å². The van der Waals surface area contributed by atoms with Gasteiger partial charge in [-0.25, -0.2) is 4.98 Å². The van der Waals surface area contributed by atoms with Crippen LogP contribution in [0.1, 0.15) is 17.4 Å². The molecule has 1 heterocycles. The van der Waals surface area contributed by atoms with E-state index in [9.17, 15) is 4.79 Å². The Hall–Kier alpha value is -0.850. The number of hydrogen-bond donors (Lipinski definition) is 2. The summed E-state index contributed by atoms with van der Waals surface area (Å²) in [4.78, 5) is 16.3. The lowest BCUT2D eigenvalue weighted by Crippen LogP contribution is -2.37. The highest BCUT2D eigenvalue weighted by atomic mass is 35.5. The van der Waals surface area contributed by atoms with Crippen molar-refractivity contribution in [1.29, 1.82) is 0 Å². The Labute approximate surface area is 151 Å². The normalized spacial score (nSPS) is 11.0. The van der Waals surface area contributed by atoms with Gasteiger partial charge < -0.3 is 10.6 Å². The summed E-state index contributed by atoms with van der Waals surface area (Å²) in [7, 11) is 1.86. The van der Waals surface area contributed by atoms with Crippen molar-refractivity contribution >= 4 is 53.7 Å². The van der Waals surface area contributed by atoms with E-state index in [4.69, 9.17) is 11.6 Å². The Kier molecular flexibility index (Phi) is 9.64. The molecule has 1 aromatic carbocycles. The van der Waals surface area contributed by atoms with Gasteiger partial charge in [0.05, 0.1) is 0 Å². The van der Waals surface area contributed by atoms with Gasteiger partial charge in [-0.3, -0.25) is 4.79 Å². The van der Waals surface area contributed by atoms with Gasteiger partial charge in [0.25, 0.3) is 5.91 Å². The summed E-state index contributed by atoms with van der Waals surface area (Å²) in [5.74, 6) is -0.156. The summed E-state index contributed by atoms with van der Waals surface area (Å²) in [6, 6.07) is 7.67. The molecule has 0 saturated carbocycles.